The van der Waals surface area contributed by atoms with Gasteiger partial charge in [0.05, 0.1) is 24.6 Å². The molecule has 3 amide bonds. The van der Waals surface area contributed by atoms with E-state index in [1.54, 1.807) is 6.92 Å². The Morgan fingerprint density at radius 3 is 2.57 bits per heavy atom. The number of nitrogens with zero attached hydrogens (tertiary/aromatic N) is 2. The highest BCUT2D eigenvalue weighted by Crippen LogP contribution is 2.30. The first-order valence-corrected chi connectivity index (χ1v) is 8.67. The van der Waals surface area contributed by atoms with E-state index >= 15 is 0 Å². The Morgan fingerprint density at radius 2 is 1.97 bits per heavy atom. The third kappa shape index (κ3) is 5.49. The van der Waals surface area contributed by atoms with E-state index in [0.717, 1.165) is 16.8 Å². The number of rotatable bonds is 6. The third-order valence-electron chi connectivity index (χ3n) is 3.76. The molecular formula is C18H19F3N4O5. The van der Waals surface area contributed by atoms with E-state index in [1.807, 2.05) is 5.32 Å². The Bertz CT molecular complexity index is 942. The molecule has 1 heterocycles. The second-order valence-corrected chi connectivity index (χ2v) is 5.93. The number of nitrogens with one attached hydrogen (secondary N) is 2. The molecule has 1 aromatic heterocycles. The summed E-state index contributed by atoms with van der Waals surface area (Å²) in [6.45, 7) is 3.18. The first kappa shape index (κ1) is 22.7. The van der Waals surface area contributed by atoms with E-state index in [2.05, 4.69) is 10.4 Å². The number of carbonyl (C=O) groups excluding carboxylic acids is 3. The van der Waals surface area contributed by atoms with Crippen molar-refractivity contribution in [3.05, 3.63) is 41.7 Å². The van der Waals surface area contributed by atoms with Gasteiger partial charge in [-0.2, -0.15) is 18.3 Å². The van der Waals surface area contributed by atoms with Gasteiger partial charge in [0.15, 0.2) is 11.9 Å². The van der Waals surface area contributed by atoms with Gasteiger partial charge in [-0.25, -0.2) is 14.3 Å². The molecule has 0 aliphatic rings. The van der Waals surface area contributed by atoms with E-state index in [1.165, 1.54) is 32.4 Å². The number of urea groups is 1. The van der Waals surface area contributed by atoms with Gasteiger partial charge >= 0.3 is 18.2 Å². The quantitative estimate of drug-likeness (QED) is 0.683. The maximum absolute atomic E-state index is 12.9. The Morgan fingerprint density at radius 1 is 1.27 bits per heavy atom. The van der Waals surface area contributed by atoms with Crippen LogP contribution in [0.5, 0.6) is 5.75 Å². The maximum Gasteiger partial charge on any atom is 0.416 e. The molecule has 0 bridgehead atoms. The molecule has 0 aliphatic heterocycles. The van der Waals surface area contributed by atoms with Crippen molar-refractivity contribution < 1.29 is 37.0 Å². The lowest BCUT2D eigenvalue weighted by Crippen LogP contribution is -2.44. The summed E-state index contributed by atoms with van der Waals surface area (Å²) >= 11 is 0. The minimum Gasteiger partial charge on any atom is -0.493 e. The van der Waals surface area contributed by atoms with Crippen molar-refractivity contribution in [2.75, 3.05) is 13.7 Å². The molecule has 30 heavy (non-hydrogen) atoms. The average Bonchev–Trinajstić information content (AvgIpc) is 3.12. The number of halogens is 3. The molecule has 1 atom stereocenters. The molecule has 0 saturated carbocycles. The zero-order valence-corrected chi connectivity index (χ0v) is 16.2. The minimum absolute atomic E-state index is 0.0317. The van der Waals surface area contributed by atoms with Crippen LogP contribution in [0.3, 0.4) is 0 Å². The molecule has 9 nitrogen and oxygen atoms in total. The number of esters is 1. The second-order valence-electron chi connectivity index (χ2n) is 5.93. The van der Waals surface area contributed by atoms with Crippen LogP contribution in [0.1, 0.15) is 29.9 Å². The van der Waals surface area contributed by atoms with Crippen molar-refractivity contribution >= 4 is 17.9 Å². The number of ether oxygens (including phenoxy) is 2. The molecule has 162 valence electrons. The molecule has 0 fully saturated rings. The lowest BCUT2D eigenvalue weighted by molar-refractivity contribution is -0.137. The lowest BCUT2D eigenvalue weighted by Gasteiger charge is -2.12. The highest BCUT2D eigenvalue weighted by atomic mass is 19.4. The SMILES string of the molecule is CCNC(=O)NC(=O)C(C)OC(=O)c1nn(-c2cccc(C(F)(F)F)c2)cc1OC. The fourth-order valence-electron chi connectivity index (χ4n) is 2.29. The molecule has 12 heteroatoms. The Labute approximate surface area is 169 Å². The van der Waals surface area contributed by atoms with Crippen molar-refractivity contribution in [1.82, 2.24) is 20.4 Å². The van der Waals surface area contributed by atoms with E-state index < -0.39 is 35.8 Å². The monoisotopic (exact) mass is 428 g/mol. The average molecular weight is 428 g/mol. The normalized spacial score (nSPS) is 12.1. The van der Waals surface area contributed by atoms with Crippen molar-refractivity contribution in [2.45, 2.75) is 26.1 Å². The topological polar surface area (TPSA) is 112 Å². The molecule has 2 rings (SSSR count). The van der Waals surface area contributed by atoms with Gasteiger partial charge in [-0.3, -0.25) is 10.1 Å². The van der Waals surface area contributed by atoms with Gasteiger partial charge in [-0.05, 0) is 32.0 Å². The number of hydrogen-bond acceptors (Lipinski definition) is 6. The Kier molecular flexibility index (Phi) is 7.03. The highest BCUT2D eigenvalue weighted by Gasteiger charge is 2.31. The van der Waals surface area contributed by atoms with Crippen LogP contribution in [0, 0.1) is 0 Å². The third-order valence-corrected chi connectivity index (χ3v) is 3.76. The van der Waals surface area contributed by atoms with E-state index in [-0.39, 0.29) is 23.7 Å². The molecular weight excluding hydrogens is 409 g/mol. The summed E-state index contributed by atoms with van der Waals surface area (Å²) in [4.78, 5) is 35.7. The van der Waals surface area contributed by atoms with Crippen molar-refractivity contribution in [3.8, 4) is 11.4 Å². The zero-order valence-electron chi connectivity index (χ0n) is 16.2. The number of aromatic nitrogens is 2. The van der Waals surface area contributed by atoms with Gasteiger partial charge in [0.1, 0.15) is 0 Å². The number of carbonyl (C=O) groups is 3. The second kappa shape index (κ2) is 9.29. The molecule has 1 unspecified atom stereocenters. The summed E-state index contributed by atoms with van der Waals surface area (Å²) in [5.41, 5.74) is -1.22. The van der Waals surface area contributed by atoms with Gasteiger partial charge in [-0.15, -0.1) is 0 Å². The van der Waals surface area contributed by atoms with E-state index in [9.17, 15) is 27.6 Å². The summed E-state index contributed by atoms with van der Waals surface area (Å²) in [6.07, 6.45) is -4.70. The number of amides is 3. The number of hydrogen-bond donors (Lipinski definition) is 2. The van der Waals surface area contributed by atoms with Crippen LogP contribution in [0.2, 0.25) is 0 Å². The van der Waals surface area contributed by atoms with Gasteiger partial charge < -0.3 is 14.8 Å². The largest absolute Gasteiger partial charge is 0.493 e. The predicted molar refractivity (Wildman–Crippen MR) is 97.2 cm³/mol. The van der Waals surface area contributed by atoms with Crippen LogP contribution in [-0.4, -0.2) is 47.4 Å². The van der Waals surface area contributed by atoms with Crippen LogP contribution in [-0.2, 0) is 15.7 Å². The van der Waals surface area contributed by atoms with Gasteiger partial charge in [0.2, 0.25) is 5.69 Å². The summed E-state index contributed by atoms with van der Waals surface area (Å²) in [5.74, 6) is -2.00. The first-order valence-electron chi connectivity index (χ1n) is 8.67. The Balaban J connectivity index is 2.21. The van der Waals surface area contributed by atoms with E-state index in [0.29, 0.717) is 0 Å². The fraction of sp³-hybridized carbons (Fsp3) is 0.333. The number of alkyl halides is 3. The lowest BCUT2D eigenvalue weighted by atomic mass is 10.2. The van der Waals surface area contributed by atoms with Crippen LogP contribution >= 0.6 is 0 Å². The molecule has 0 aliphatic carbocycles. The molecule has 2 aromatic rings. The van der Waals surface area contributed by atoms with Gasteiger partial charge in [0.25, 0.3) is 5.91 Å². The van der Waals surface area contributed by atoms with Crippen LogP contribution < -0.4 is 15.4 Å². The van der Waals surface area contributed by atoms with Gasteiger partial charge in [-0.1, -0.05) is 6.07 Å². The van der Waals surface area contributed by atoms with Crippen LogP contribution in [0.15, 0.2) is 30.5 Å². The molecule has 0 saturated heterocycles. The van der Waals surface area contributed by atoms with Crippen molar-refractivity contribution in [3.63, 3.8) is 0 Å². The summed E-state index contributed by atoms with van der Waals surface area (Å²) in [7, 11) is 1.23. The number of benzene rings is 1. The number of methoxy groups -OCH3 is 1. The highest BCUT2D eigenvalue weighted by molar-refractivity contribution is 5.98. The summed E-state index contributed by atoms with van der Waals surface area (Å²) in [6, 6.07) is 3.55. The number of imide groups is 1. The smallest absolute Gasteiger partial charge is 0.416 e. The maximum atomic E-state index is 12.9. The summed E-state index contributed by atoms with van der Waals surface area (Å²) < 4.78 is 49.8. The van der Waals surface area contributed by atoms with E-state index in [4.69, 9.17) is 9.47 Å². The fourth-order valence-corrected chi connectivity index (χ4v) is 2.29. The molecule has 0 spiro atoms. The van der Waals surface area contributed by atoms with Crippen molar-refractivity contribution in [2.24, 2.45) is 0 Å². The van der Waals surface area contributed by atoms with Crippen molar-refractivity contribution in [1.29, 1.82) is 0 Å². The van der Waals surface area contributed by atoms with Crippen LogP contribution in [0.4, 0.5) is 18.0 Å². The molecule has 1 aromatic carbocycles. The first-order chi connectivity index (χ1) is 14.1. The standard InChI is InChI=1S/C18H19F3N4O5/c1-4-22-17(28)23-15(26)10(2)30-16(27)14-13(29-3)9-25(24-14)12-7-5-6-11(8-12)18(19,20)21/h5-10H,4H2,1-3H3,(H2,22,23,26,28). The molecule has 2 N–H and O–H groups in total. The zero-order chi connectivity index (χ0) is 22.5. The molecule has 0 radical (unpaired) electrons. The predicted octanol–water partition coefficient (Wildman–Crippen LogP) is 2.29. The minimum atomic E-state index is -4.55. The summed E-state index contributed by atoms with van der Waals surface area (Å²) in [5, 5.41) is 8.25. The van der Waals surface area contributed by atoms with Gasteiger partial charge in [0, 0.05) is 6.54 Å². The van der Waals surface area contributed by atoms with Crippen LogP contribution in [0.25, 0.3) is 5.69 Å². The Hall–Kier alpha value is -3.57.